The quantitative estimate of drug-likeness (QED) is 0.612. The minimum Gasteiger partial charge on any atom is -0.376 e. The number of guanidine groups is 1. The van der Waals surface area contributed by atoms with Crippen LogP contribution in [-0.4, -0.2) is 43.2 Å². The monoisotopic (exact) mass is 384 g/mol. The van der Waals surface area contributed by atoms with Gasteiger partial charge in [-0.05, 0) is 60.9 Å². The van der Waals surface area contributed by atoms with Gasteiger partial charge in [-0.3, -0.25) is 9.89 Å². The molecule has 2 atom stereocenters. The van der Waals surface area contributed by atoms with Crippen LogP contribution in [0.5, 0.6) is 0 Å². The van der Waals surface area contributed by atoms with Crippen molar-refractivity contribution in [1.29, 1.82) is 0 Å². The van der Waals surface area contributed by atoms with Crippen LogP contribution >= 0.6 is 11.3 Å². The van der Waals surface area contributed by atoms with Crippen molar-refractivity contribution in [3.05, 3.63) is 51.7 Å². The van der Waals surface area contributed by atoms with Crippen molar-refractivity contribution < 1.29 is 4.74 Å². The molecule has 2 aliphatic rings. The maximum Gasteiger partial charge on any atom is 0.193 e. The maximum absolute atomic E-state index is 6.21. The van der Waals surface area contributed by atoms with Crippen LogP contribution in [0, 0.1) is 0 Å². The number of nitrogens with two attached hydrogens (primary N) is 1. The smallest absolute Gasteiger partial charge is 0.193 e. The third-order valence-corrected chi connectivity index (χ3v) is 6.36. The molecule has 2 unspecified atom stereocenters. The zero-order valence-electron chi connectivity index (χ0n) is 15.9. The topological polar surface area (TPSA) is 62.9 Å². The highest BCUT2D eigenvalue weighted by molar-refractivity contribution is 7.10. The van der Waals surface area contributed by atoms with E-state index in [-0.39, 0.29) is 12.1 Å². The fourth-order valence-corrected chi connectivity index (χ4v) is 4.87. The van der Waals surface area contributed by atoms with Crippen LogP contribution in [0.4, 0.5) is 5.69 Å². The Morgan fingerprint density at radius 1 is 1.37 bits per heavy atom. The number of benzene rings is 1. The molecule has 4 rings (SSSR count). The summed E-state index contributed by atoms with van der Waals surface area (Å²) in [5.74, 6) is 0.482. The number of thiophene rings is 1. The van der Waals surface area contributed by atoms with Crippen LogP contribution in [0.25, 0.3) is 0 Å². The molecule has 1 saturated heterocycles. The molecule has 2 aromatic rings. The molecule has 1 aromatic carbocycles. The Hall–Kier alpha value is -1.89. The van der Waals surface area contributed by atoms with Crippen LogP contribution in [-0.2, 0) is 17.6 Å². The van der Waals surface area contributed by atoms with Crippen molar-refractivity contribution in [3.8, 4) is 0 Å². The molecule has 1 aliphatic carbocycles. The molecule has 5 nitrogen and oxygen atoms in total. The lowest BCUT2D eigenvalue weighted by Gasteiger charge is -2.36. The molecule has 1 aliphatic heterocycles. The van der Waals surface area contributed by atoms with Gasteiger partial charge in [-0.25, -0.2) is 0 Å². The largest absolute Gasteiger partial charge is 0.376 e. The van der Waals surface area contributed by atoms with E-state index in [2.05, 4.69) is 57.8 Å². The Labute approximate surface area is 165 Å². The van der Waals surface area contributed by atoms with Gasteiger partial charge in [-0.15, -0.1) is 11.3 Å². The molecule has 0 amide bonds. The van der Waals surface area contributed by atoms with Gasteiger partial charge >= 0.3 is 0 Å². The first-order valence-corrected chi connectivity index (χ1v) is 10.6. The number of aryl methyl sites for hydroxylation is 2. The van der Waals surface area contributed by atoms with E-state index in [0.717, 1.165) is 31.8 Å². The minimum absolute atomic E-state index is 0.247. The zero-order chi connectivity index (χ0) is 18.6. The molecule has 6 heteroatoms. The number of hydrogen-bond acceptors (Lipinski definition) is 4. The van der Waals surface area contributed by atoms with E-state index in [1.165, 1.54) is 28.8 Å². The molecule has 144 valence electrons. The van der Waals surface area contributed by atoms with E-state index in [4.69, 9.17) is 10.5 Å². The lowest BCUT2D eigenvalue weighted by atomic mass is 10.1. The zero-order valence-corrected chi connectivity index (χ0v) is 16.7. The molecular weight excluding hydrogens is 356 g/mol. The summed E-state index contributed by atoms with van der Waals surface area (Å²) >= 11 is 1.78. The van der Waals surface area contributed by atoms with Crippen molar-refractivity contribution in [2.75, 3.05) is 31.6 Å². The number of aliphatic imine (C=N–C) groups is 1. The highest BCUT2D eigenvalue weighted by Crippen LogP contribution is 2.28. The highest BCUT2D eigenvalue weighted by Gasteiger charge is 2.26. The second-order valence-corrected chi connectivity index (χ2v) is 8.37. The van der Waals surface area contributed by atoms with Crippen molar-refractivity contribution in [3.63, 3.8) is 0 Å². The van der Waals surface area contributed by atoms with Gasteiger partial charge in [0.25, 0.3) is 0 Å². The summed E-state index contributed by atoms with van der Waals surface area (Å²) < 4.78 is 5.71. The SMILES string of the molecule is CC1CN(C(CN=C(N)Nc2ccc3c(c2)CCC3)c2cccs2)CCO1. The average Bonchev–Trinajstić information content (AvgIpc) is 3.33. The van der Waals surface area contributed by atoms with Crippen LogP contribution < -0.4 is 11.1 Å². The standard InChI is InChI=1S/C21H28N4OS/c1-15-14-25(9-10-26-15)19(20-6-3-11-27-20)13-23-21(22)24-18-8-7-16-4-2-5-17(16)12-18/h3,6-8,11-12,15,19H,2,4-5,9-10,13-14H2,1H3,(H3,22,23,24). The number of anilines is 1. The lowest BCUT2D eigenvalue weighted by molar-refractivity contribution is -0.0327. The summed E-state index contributed by atoms with van der Waals surface area (Å²) in [6, 6.07) is 11.1. The number of hydrogen-bond donors (Lipinski definition) is 2. The molecule has 0 radical (unpaired) electrons. The Bertz CT molecular complexity index is 789. The van der Waals surface area contributed by atoms with E-state index in [1.807, 2.05) is 0 Å². The Morgan fingerprint density at radius 2 is 2.26 bits per heavy atom. The number of rotatable bonds is 5. The molecule has 1 fully saturated rings. The van der Waals surface area contributed by atoms with E-state index in [9.17, 15) is 0 Å². The summed E-state index contributed by atoms with van der Waals surface area (Å²) in [6.45, 7) is 5.41. The minimum atomic E-state index is 0.247. The van der Waals surface area contributed by atoms with E-state index in [0.29, 0.717) is 12.5 Å². The third-order valence-electron chi connectivity index (χ3n) is 5.39. The van der Waals surface area contributed by atoms with Gasteiger partial charge < -0.3 is 15.8 Å². The number of nitrogens with one attached hydrogen (secondary N) is 1. The lowest BCUT2D eigenvalue weighted by Crippen LogP contribution is -2.44. The molecular formula is C21H28N4OS. The first kappa shape index (κ1) is 18.5. The van der Waals surface area contributed by atoms with Crippen LogP contribution in [0.3, 0.4) is 0 Å². The Kier molecular flexibility index (Phi) is 5.76. The van der Waals surface area contributed by atoms with Gasteiger partial charge in [-0.2, -0.15) is 0 Å². The first-order valence-electron chi connectivity index (χ1n) is 9.77. The molecule has 0 saturated carbocycles. The molecule has 27 heavy (non-hydrogen) atoms. The van der Waals surface area contributed by atoms with Gasteiger partial charge in [0.1, 0.15) is 0 Å². The van der Waals surface area contributed by atoms with Gasteiger partial charge in [0.2, 0.25) is 0 Å². The second-order valence-electron chi connectivity index (χ2n) is 7.40. The predicted octanol–water partition coefficient (Wildman–Crippen LogP) is 3.43. The summed E-state index contributed by atoms with van der Waals surface area (Å²) in [4.78, 5) is 8.47. The number of ether oxygens (including phenoxy) is 1. The summed E-state index contributed by atoms with van der Waals surface area (Å²) in [7, 11) is 0. The normalized spacial score (nSPS) is 21.8. The van der Waals surface area contributed by atoms with Crippen molar-refractivity contribution in [2.24, 2.45) is 10.7 Å². The summed E-state index contributed by atoms with van der Waals surface area (Å²) in [5.41, 5.74) is 10.1. The van der Waals surface area contributed by atoms with Crippen LogP contribution in [0.1, 0.15) is 35.4 Å². The summed E-state index contributed by atoms with van der Waals surface area (Å²) in [5, 5.41) is 5.40. The van der Waals surface area contributed by atoms with E-state index < -0.39 is 0 Å². The van der Waals surface area contributed by atoms with Crippen LogP contribution in [0.2, 0.25) is 0 Å². The van der Waals surface area contributed by atoms with Gasteiger partial charge in [0, 0.05) is 23.7 Å². The van der Waals surface area contributed by atoms with Crippen molar-refractivity contribution >= 4 is 23.0 Å². The number of nitrogens with zero attached hydrogens (tertiary/aromatic N) is 2. The molecule has 0 bridgehead atoms. The molecule has 0 spiro atoms. The van der Waals surface area contributed by atoms with Crippen molar-refractivity contribution in [2.45, 2.75) is 38.3 Å². The molecule has 2 heterocycles. The number of fused-ring (bicyclic) bond motifs is 1. The highest BCUT2D eigenvalue weighted by atomic mass is 32.1. The predicted molar refractivity (Wildman–Crippen MR) is 113 cm³/mol. The van der Waals surface area contributed by atoms with E-state index >= 15 is 0 Å². The second kappa shape index (κ2) is 8.42. The van der Waals surface area contributed by atoms with E-state index in [1.54, 1.807) is 11.3 Å². The fraction of sp³-hybridized carbons (Fsp3) is 0.476. The van der Waals surface area contributed by atoms with Gasteiger partial charge in [0.05, 0.1) is 25.3 Å². The van der Waals surface area contributed by atoms with Crippen molar-refractivity contribution in [1.82, 2.24) is 4.90 Å². The molecule has 3 N–H and O–H groups in total. The van der Waals surface area contributed by atoms with Gasteiger partial charge in [0.15, 0.2) is 5.96 Å². The molecule has 1 aromatic heterocycles. The maximum atomic E-state index is 6.21. The first-order chi connectivity index (χ1) is 13.2. The number of morpholine rings is 1. The Morgan fingerprint density at radius 3 is 3.07 bits per heavy atom. The fourth-order valence-electron chi connectivity index (χ4n) is 4.02. The Balaban J connectivity index is 1.44. The third kappa shape index (κ3) is 4.51. The average molecular weight is 385 g/mol. The summed E-state index contributed by atoms with van der Waals surface area (Å²) in [6.07, 6.45) is 3.87. The van der Waals surface area contributed by atoms with Crippen LogP contribution in [0.15, 0.2) is 40.7 Å². The van der Waals surface area contributed by atoms with Gasteiger partial charge in [-0.1, -0.05) is 12.1 Å².